The Balaban J connectivity index is 1.79. The Morgan fingerprint density at radius 3 is 2.53 bits per heavy atom. The molecule has 4 rings (SSSR count). The van der Waals surface area contributed by atoms with Gasteiger partial charge in [0.1, 0.15) is 5.75 Å². The number of benzene rings is 3. The van der Waals surface area contributed by atoms with Crippen molar-refractivity contribution in [2.75, 3.05) is 13.2 Å². The third-order valence-corrected chi connectivity index (χ3v) is 5.78. The van der Waals surface area contributed by atoms with Gasteiger partial charge in [-0.15, -0.1) is 0 Å². The number of hydrogen-bond acceptors (Lipinski definition) is 2. The third kappa shape index (κ3) is 4.40. The van der Waals surface area contributed by atoms with E-state index in [0.29, 0.717) is 18.7 Å². The molecule has 1 N–H and O–H groups in total. The number of hydrogen-bond donors (Lipinski definition) is 1. The van der Waals surface area contributed by atoms with Gasteiger partial charge in [0.2, 0.25) is 0 Å². The molecule has 0 spiro atoms. The SMILES string of the molecule is CCCOc1cccc(C(=O)N(CC)C(c2ccc(C)cc2)c2c[nH]c3ccccc23)c1. The van der Waals surface area contributed by atoms with Gasteiger partial charge in [-0.25, -0.2) is 0 Å². The van der Waals surface area contributed by atoms with Gasteiger partial charge in [0.05, 0.1) is 12.6 Å². The quantitative estimate of drug-likeness (QED) is 0.349. The lowest BCUT2D eigenvalue weighted by molar-refractivity contribution is 0.0717. The maximum absolute atomic E-state index is 13.8. The van der Waals surface area contributed by atoms with E-state index in [1.165, 1.54) is 5.56 Å². The average molecular weight is 427 g/mol. The lowest BCUT2D eigenvalue weighted by Gasteiger charge is -2.32. The fourth-order valence-corrected chi connectivity index (χ4v) is 4.14. The summed E-state index contributed by atoms with van der Waals surface area (Å²) in [6.07, 6.45) is 2.96. The first-order valence-corrected chi connectivity index (χ1v) is 11.3. The lowest BCUT2D eigenvalue weighted by atomic mass is 9.95. The van der Waals surface area contributed by atoms with Crippen LogP contribution in [0.5, 0.6) is 5.75 Å². The minimum atomic E-state index is -0.204. The van der Waals surface area contributed by atoms with Crippen LogP contribution >= 0.6 is 0 Å². The predicted octanol–water partition coefficient (Wildman–Crippen LogP) is 6.52. The summed E-state index contributed by atoms with van der Waals surface area (Å²) in [5, 5.41) is 1.13. The zero-order valence-corrected chi connectivity index (χ0v) is 19.0. The Morgan fingerprint density at radius 1 is 1.00 bits per heavy atom. The van der Waals surface area contributed by atoms with Gasteiger partial charge in [-0.05, 0) is 50.1 Å². The Kier molecular flexibility index (Phi) is 6.60. The molecule has 4 heteroatoms. The molecule has 1 aromatic heterocycles. The Hall–Kier alpha value is -3.53. The Bertz CT molecular complexity index is 1190. The number of nitrogens with zero attached hydrogens (tertiary/aromatic N) is 1. The molecule has 0 saturated heterocycles. The number of carbonyl (C=O) groups is 1. The molecule has 1 atom stereocenters. The molecule has 0 aliphatic carbocycles. The zero-order valence-electron chi connectivity index (χ0n) is 19.0. The normalized spacial score (nSPS) is 12.0. The van der Waals surface area contributed by atoms with E-state index in [4.69, 9.17) is 4.74 Å². The van der Waals surface area contributed by atoms with Gasteiger partial charge < -0.3 is 14.6 Å². The van der Waals surface area contributed by atoms with Gasteiger partial charge in [0.15, 0.2) is 0 Å². The molecular weight excluding hydrogens is 396 g/mol. The fraction of sp³-hybridized carbons (Fsp3) is 0.250. The number of fused-ring (bicyclic) bond motifs is 1. The monoisotopic (exact) mass is 426 g/mol. The highest BCUT2D eigenvalue weighted by Crippen LogP contribution is 2.35. The van der Waals surface area contributed by atoms with Crippen molar-refractivity contribution in [3.8, 4) is 5.75 Å². The van der Waals surface area contributed by atoms with Crippen molar-refractivity contribution in [1.82, 2.24) is 9.88 Å². The first kappa shape index (κ1) is 21.7. The Labute approximate surface area is 189 Å². The van der Waals surface area contributed by atoms with Crippen LogP contribution < -0.4 is 4.74 Å². The molecule has 4 aromatic rings. The van der Waals surface area contributed by atoms with Crippen molar-refractivity contribution in [2.45, 2.75) is 33.2 Å². The highest BCUT2D eigenvalue weighted by molar-refractivity contribution is 5.96. The zero-order chi connectivity index (χ0) is 22.5. The maximum atomic E-state index is 13.8. The van der Waals surface area contributed by atoms with Crippen molar-refractivity contribution < 1.29 is 9.53 Å². The number of aryl methyl sites for hydroxylation is 1. The highest BCUT2D eigenvalue weighted by atomic mass is 16.5. The summed E-state index contributed by atoms with van der Waals surface area (Å²) >= 11 is 0. The topological polar surface area (TPSA) is 45.3 Å². The summed E-state index contributed by atoms with van der Waals surface area (Å²) in [4.78, 5) is 19.1. The molecule has 0 aliphatic heterocycles. The van der Waals surface area contributed by atoms with Crippen molar-refractivity contribution in [2.24, 2.45) is 0 Å². The van der Waals surface area contributed by atoms with Gasteiger partial charge >= 0.3 is 0 Å². The summed E-state index contributed by atoms with van der Waals surface area (Å²) < 4.78 is 5.77. The number of H-pyrrole nitrogens is 1. The molecule has 3 aromatic carbocycles. The summed E-state index contributed by atoms with van der Waals surface area (Å²) in [6, 6.07) is 24.0. The van der Waals surface area contributed by atoms with Crippen LogP contribution in [-0.4, -0.2) is 28.9 Å². The van der Waals surface area contributed by atoms with E-state index in [1.807, 2.05) is 54.4 Å². The predicted molar refractivity (Wildman–Crippen MR) is 130 cm³/mol. The second-order valence-electron chi connectivity index (χ2n) is 8.07. The number of para-hydroxylation sites is 1. The molecule has 0 saturated carbocycles. The number of carbonyl (C=O) groups excluding carboxylic acids is 1. The van der Waals surface area contributed by atoms with E-state index in [2.05, 4.69) is 55.2 Å². The van der Waals surface area contributed by atoms with Crippen molar-refractivity contribution >= 4 is 16.8 Å². The van der Waals surface area contributed by atoms with Crippen molar-refractivity contribution in [3.05, 3.63) is 101 Å². The molecule has 1 amide bonds. The molecule has 0 fully saturated rings. The van der Waals surface area contributed by atoms with Gasteiger partial charge in [-0.3, -0.25) is 4.79 Å². The molecule has 1 unspecified atom stereocenters. The number of ether oxygens (including phenoxy) is 1. The summed E-state index contributed by atoms with van der Waals surface area (Å²) in [5.41, 5.74) is 5.09. The highest BCUT2D eigenvalue weighted by Gasteiger charge is 2.28. The van der Waals surface area contributed by atoms with Crippen LogP contribution in [0.3, 0.4) is 0 Å². The average Bonchev–Trinajstić information content (AvgIpc) is 3.25. The van der Waals surface area contributed by atoms with E-state index in [9.17, 15) is 4.79 Å². The van der Waals surface area contributed by atoms with Crippen LogP contribution in [0.2, 0.25) is 0 Å². The van der Waals surface area contributed by atoms with E-state index in [1.54, 1.807) is 0 Å². The molecule has 0 aliphatic rings. The minimum Gasteiger partial charge on any atom is -0.494 e. The van der Waals surface area contributed by atoms with Gasteiger partial charge in [0.25, 0.3) is 5.91 Å². The molecular formula is C28H30N2O2. The van der Waals surface area contributed by atoms with Crippen LogP contribution in [-0.2, 0) is 0 Å². The standard InChI is InChI=1S/C28H30N2O2/c1-4-17-32-23-10-8-9-22(18-23)28(31)30(5-2)27(21-15-13-20(3)14-16-21)25-19-29-26-12-7-6-11-24(25)26/h6-16,18-19,27,29H,4-5,17H2,1-3H3. The number of aromatic nitrogens is 1. The van der Waals surface area contributed by atoms with E-state index in [-0.39, 0.29) is 11.9 Å². The van der Waals surface area contributed by atoms with Crippen LogP contribution in [0.25, 0.3) is 10.9 Å². The van der Waals surface area contributed by atoms with E-state index < -0.39 is 0 Å². The van der Waals surface area contributed by atoms with E-state index in [0.717, 1.165) is 34.2 Å². The first-order valence-electron chi connectivity index (χ1n) is 11.3. The van der Waals surface area contributed by atoms with Crippen molar-refractivity contribution in [1.29, 1.82) is 0 Å². The van der Waals surface area contributed by atoms with Crippen LogP contribution in [0.1, 0.15) is 53.4 Å². The third-order valence-electron chi connectivity index (χ3n) is 5.78. The molecule has 1 heterocycles. The van der Waals surface area contributed by atoms with E-state index >= 15 is 0 Å². The molecule has 0 bridgehead atoms. The number of amides is 1. The fourth-order valence-electron chi connectivity index (χ4n) is 4.14. The summed E-state index contributed by atoms with van der Waals surface area (Å²) in [5.74, 6) is 0.720. The molecule has 164 valence electrons. The van der Waals surface area contributed by atoms with Crippen LogP contribution in [0.4, 0.5) is 0 Å². The van der Waals surface area contributed by atoms with Crippen LogP contribution in [0.15, 0.2) is 79.0 Å². The number of rotatable bonds is 8. The second kappa shape index (κ2) is 9.73. The molecule has 0 radical (unpaired) electrons. The minimum absolute atomic E-state index is 0.00898. The van der Waals surface area contributed by atoms with Crippen LogP contribution in [0, 0.1) is 6.92 Å². The Morgan fingerprint density at radius 2 is 1.78 bits per heavy atom. The summed E-state index contributed by atoms with van der Waals surface area (Å²) in [7, 11) is 0. The number of nitrogens with one attached hydrogen (secondary N) is 1. The maximum Gasteiger partial charge on any atom is 0.254 e. The van der Waals surface area contributed by atoms with Gasteiger partial charge in [-0.1, -0.05) is 61.0 Å². The number of aromatic amines is 1. The van der Waals surface area contributed by atoms with Crippen molar-refractivity contribution in [3.63, 3.8) is 0 Å². The first-order chi connectivity index (χ1) is 15.6. The molecule has 4 nitrogen and oxygen atoms in total. The van der Waals surface area contributed by atoms with Gasteiger partial charge in [-0.2, -0.15) is 0 Å². The smallest absolute Gasteiger partial charge is 0.254 e. The second-order valence-corrected chi connectivity index (χ2v) is 8.07. The summed E-state index contributed by atoms with van der Waals surface area (Å²) in [6.45, 7) is 7.40. The largest absolute Gasteiger partial charge is 0.494 e. The lowest BCUT2D eigenvalue weighted by Crippen LogP contribution is -2.35. The molecule has 32 heavy (non-hydrogen) atoms. The van der Waals surface area contributed by atoms with Gasteiger partial charge in [0, 0.05) is 34.8 Å².